The highest BCUT2D eigenvalue weighted by atomic mass is 35.5. The molecule has 6 aromatic rings. The first-order chi connectivity index (χ1) is 20.6. The number of nitrogens with zero attached hydrogens (tertiary/aromatic N) is 7. The fourth-order valence-electron chi connectivity index (χ4n) is 5.21. The summed E-state index contributed by atoms with van der Waals surface area (Å²) in [7, 11) is 1.66. The van der Waals surface area contributed by atoms with Crippen molar-refractivity contribution in [1.29, 1.82) is 0 Å². The number of para-hydroxylation sites is 2. The second kappa shape index (κ2) is 10.6. The summed E-state index contributed by atoms with van der Waals surface area (Å²) in [5.74, 6) is 1.83. The van der Waals surface area contributed by atoms with E-state index in [2.05, 4.69) is 15.2 Å². The molecule has 0 amide bonds. The first-order valence-electron chi connectivity index (χ1n) is 13.2. The molecule has 0 spiro atoms. The predicted octanol–water partition coefficient (Wildman–Crippen LogP) is 6.12. The Kier molecular flexibility index (Phi) is 6.52. The van der Waals surface area contributed by atoms with E-state index in [4.69, 9.17) is 36.0 Å². The Bertz CT molecular complexity index is 1950. The summed E-state index contributed by atoms with van der Waals surface area (Å²) in [4.78, 5) is 15.0. The molecule has 1 aliphatic rings. The van der Waals surface area contributed by atoms with Crippen LogP contribution in [0.4, 0.5) is 0 Å². The van der Waals surface area contributed by atoms with Gasteiger partial charge in [-0.1, -0.05) is 71.4 Å². The molecule has 7 rings (SSSR count). The third-order valence-electron chi connectivity index (χ3n) is 7.08. The molecule has 3 aromatic heterocycles. The summed E-state index contributed by atoms with van der Waals surface area (Å²) < 4.78 is 15.7. The molecule has 42 heavy (non-hydrogen) atoms. The van der Waals surface area contributed by atoms with Crippen LogP contribution in [0.3, 0.4) is 0 Å². The lowest BCUT2D eigenvalue weighted by Gasteiger charge is -2.27. The maximum absolute atomic E-state index is 6.49. The first kappa shape index (κ1) is 25.7. The van der Waals surface area contributed by atoms with E-state index in [0.29, 0.717) is 28.3 Å². The number of halogens is 1. The summed E-state index contributed by atoms with van der Waals surface area (Å²) in [5.41, 5.74) is 5.61. The second-order valence-corrected chi connectivity index (χ2v) is 10.0. The summed E-state index contributed by atoms with van der Waals surface area (Å²) in [6, 6.07) is 25.1. The van der Waals surface area contributed by atoms with Crippen LogP contribution in [0.15, 0.2) is 90.3 Å². The number of methoxy groups -OCH3 is 1. The number of oxime groups is 1. The lowest BCUT2D eigenvalue weighted by molar-refractivity contribution is 0.126. The second-order valence-electron chi connectivity index (χ2n) is 9.62. The largest absolute Gasteiger partial charge is 0.496 e. The van der Waals surface area contributed by atoms with E-state index in [1.807, 2.05) is 84.4 Å². The van der Waals surface area contributed by atoms with Crippen LogP contribution in [0.25, 0.3) is 11.3 Å². The minimum Gasteiger partial charge on any atom is -0.496 e. The quantitative estimate of drug-likeness (QED) is 0.166. The number of hydrogen-bond donors (Lipinski definition) is 0. The molecule has 1 unspecified atom stereocenters. The minimum absolute atomic E-state index is 0.0494. The van der Waals surface area contributed by atoms with Crippen LogP contribution in [-0.2, 0) is 11.4 Å². The minimum atomic E-state index is -0.343. The van der Waals surface area contributed by atoms with Crippen molar-refractivity contribution in [3.63, 3.8) is 0 Å². The topological polar surface area (TPSA) is 101 Å². The number of ether oxygens (including phenoxy) is 2. The molecule has 0 N–H and O–H groups in total. The maximum atomic E-state index is 6.49. The molecule has 1 atom stereocenters. The molecule has 0 saturated carbocycles. The van der Waals surface area contributed by atoms with Crippen LogP contribution >= 0.6 is 11.6 Å². The standard InChI is InChI=1S/C31H24ClN7O3/c1-19-26-27(22-13-7-9-15-24(22)40-2)28-29-35-25(17-41-34-16-20-10-6-8-14-23(20)32)37-38(29)18-33-30(28)42-31(26)39(36-19)21-11-4-3-5-12-21/h3-16,18,27H,17H2,1-2H3. The Morgan fingerprint density at radius 3 is 2.60 bits per heavy atom. The van der Waals surface area contributed by atoms with Crippen molar-refractivity contribution in [3.05, 3.63) is 124 Å². The Morgan fingerprint density at radius 2 is 1.76 bits per heavy atom. The van der Waals surface area contributed by atoms with E-state index in [-0.39, 0.29) is 12.5 Å². The fourth-order valence-corrected chi connectivity index (χ4v) is 5.40. The highest BCUT2D eigenvalue weighted by Gasteiger charge is 2.39. The van der Waals surface area contributed by atoms with Crippen molar-refractivity contribution in [2.75, 3.05) is 7.11 Å². The van der Waals surface area contributed by atoms with E-state index in [1.165, 1.54) is 0 Å². The molecular formula is C31H24ClN7O3. The van der Waals surface area contributed by atoms with E-state index in [9.17, 15) is 0 Å². The van der Waals surface area contributed by atoms with Crippen molar-refractivity contribution in [1.82, 2.24) is 29.4 Å². The SMILES string of the molecule is COc1ccccc1C1c2c(C)nn(-c3ccccc3)c2Oc2ncn3nc(CON=Cc4ccccc4Cl)nc3c21. The molecule has 0 radical (unpaired) electrons. The van der Waals surface area contributed by atoms with Gasteiger partial charge in [0.05, 0.1) is 41.8 Å². The van der Waals surface area contributed by atoms with Gasteiger partial charge < -0.3 is 14.3 Å². The van der Waals surface area contributed by atoms with Gasteiger partial charge in [0.25, 0.3) is 0 Å². The third-order valence-corrected chi connectivity index (χ3v) is 7.42. The molecule has 11 heteroatoms. The molecule has 0 bridgehead atoms. The molecule has 0 fully saturated rings. The molecule has 3 aromatic carbocycles. The zero-order chi connectivity index (χ0) is 28.6. The monoisotopic (exact) mass is 577 g/mol. The number of benzene rings is 3. The normalized spacial score (nSPS) is 14.0. The lowest BCUT2D eigenvalue weighted by Crippen LogP contribution is -2.16. The number of rotatable bonds is 7. The van der Waals surface area contributed by atoms with Gasteiger partial charge in [-0.25, -0.2) is 19.2 Å². The average molecular weight is 578 g/mol. The van der Waals surface area contributed by atoms with E-state index < -0.39 is 0 Å². The molecular weight excluding hydrogens is 554 g/mol. The van der Waals surface area contributed by atoms with Crippen LogP contribution < -0.4 is 9.47 Å². The van der Waals surface area contributed by atoms with Gasteiger partial charge in [0.15, 0.2) is 18.1 Å². The number of aryl methyl sites for hydroxylation is 1. The fraction of sp³-hybridized carbons (Fsp3) is 0.129. The zero-order valence-corrected chi connectivity index (χ0v) is 23.4. The summed E-state index contributed by atoms with van der Waals surface area (Å²) >= 11 is 6.20. The van der Waals surface area contributed by atoms with Gasteiger partial charge in [-0.3, -0.25) is 0 Å². The zero-order valence-electron chi connectivity index (χ0n) is 22.7. The third kappa shape index (κ3) is 4.42. The highest BCUT2D eigenvalue weighted by molar-refractivity contribution is 6.33. The Labute approximate surface area is 245 Å². The summed E-state index contributed by atoms with van der Waals surface area (Å²) in [6.07, 6.45) is 3.14. The highest BCUT2D eigenvalue weighted by Crippen LogP contribution is 2.51. The Hall–Kier alpha value is -5.22. The van der Waals surface area contributed by atoms with Gasteiger partial charge in [0.1, 0.15) is 12.1 Å². The van der Waals surface area contributed by atoms with E-state index in [0.717, 1.165) is 39.4 Å². The van der Waals surface area contributed by atoms with Gasteiger partial charge in [-0.15, -0.1) is 5.10 Å². The van der Waals surface area contributed by atoms with Gasteiger partial charge in [-0.2, -0.15) is 5.10 Å². The molecule has 0 saturated heterocycles. The summed E-state index contributed by atoms with van der Waals surface area (Å²) in [5, 5.41) is 14.1. The number of hydrogen-bond acceptors (Lipinski definition) is 8. The molecule has 4 heterocycles. The Morgan fingerprint density at radius 1 is 0.976 bits per heavy atom. The van der Waals surface area contributed by atoms with Crippen LogP contribution in [-0.4, -0.2) is 42.7 Å². The predicted molar refractivity (Wildman–Crippen MR) is 157 cm³/mol. The molecule has 1 aliphatic heterocycles. The summed E-state index contributed by atoms with van der Waals surface area (Å²) in [6.45, 7) is 2.02. The van der Waals surface area contributed by atoms with Crippen molar-refractivity contribution < 1.29 is 14.3 Å². The number of fused-ring (bicyclic) bond motifs is 4. The van der Waals surface area contributed by atoms with Crippen LogP contribution in [0.2, 0.25) is 5.02 Å². The van der Waals surface area contributed by atoms with Crippen LogP contribution in [0.1, 0.15) is 39.7 Å². The van der Waals surface area contributed by atoms with Gasteiger partial charge >= 0.3 is 0 Å². The average Bonchev–Trinajstić information content (AvgIpc) is 3.60. The first-order valence-corrected chi connectivity index (χ1v) is 13.6. The van der Waals surface area contributed by atoms with Crippen LogP contribution in [0, 0.1) is 6.92 Å². The smallest absolute Gasteiger partial charge is 0.230 e. The molecule has 208 valence electrons. The van der Waals surface area contributed by atoms with Gasteiger partial charge in [0, 0.05) is 16.1 Å². The van der Waals surface area contributed by atoms with E-state index >= 15 is 0 Å². The van der Waals surface area contributed by atoms with Gasteiger partial charge in [0.2, 0.25) is 11.8 Å². The van der Waals surface area contributed by atoms with Crippen molar-refractivity contribution in [3.8, 4) is 23.2 Å². The van der Waals surface area contributed by atoms with Crippen LogP contribution in [0.5, 0.6) is 17.5 Å². The lowest BCUT2D eigenvalue weighted by atomic mass is 9.84. The molecule has 0 aliphatic carbocycles. The van der Waals surface area contributed by atoms with Crippen molar-refractivity contribution in [2.45, 2.75) is 19.4 Å². The Balaban J connectivity index is 1.32. The van der Waals surface area contributed by atoms with E-state index in [1.54, 1.807) is 30.2 Å². The molecule has 10 nitrogen and oxygen atoms in total. The number of aromatic nitrogens is 6. The van der Waals surface area contributed by atoms with Gasteiger partial charge in [-0.05, 0) is 31.2 Å². The van der Waals surface area contributed by atoms with Crippen molar-refractivity contribution >= 4 is 23.5 Å². The maximum Gasteiger partial charge on any atom is 0.230 e. The van der Waals surface area contributed by atoms with Crippen molar-refractivity contribution in [2.24, 2.45) is 5.16 Å².